The van der Waals surface area contributed by atoms with Gasteiger partial charge in [0, 0.05) is 11.3 Å². The van der Waals surface area contributed by atoms with E-state index in [1.165, 1.54) is 15.9 Å². The van der Waals surface area contributed by atoms with Crippen molar-refractivity contribution in [3.8, 4) is 17.0 Å². The van der Waals surface area contributed by atoms with Crippen LogP contribution in [0.4, 0.5) is 0 Å². The molecule has 2 heterocycles. The maximum atomic E-state index is 5.50. The lowest BCUT2D eigenvalue weighted by atomic mass is 10.1. The van der Waals surface area contributed by atoms with Gasteiger partial charge in [-0.05, 0) is 50.2 Å². The lowest BCUT2D eigenvalue weighted by molar-refractivity contribution is 0.340. The summed E-state index contributed by atoms with van der Waals surface area (Å²) in [5.41, 5.74) is 4.57. The number of ether oxygens (including phenoxy) is 1. The summed E-state index contributed by atoms with van der Waals surface area (Å²) in [6, 6.07) is 16.6. The Kier molecular flexibility index (Phi) is 3.12. The summed E-state index contributed by atoms with van der Waals surface area (Å²) < 4.78 is 9.02. The van der Waals surface area contributed by atoms with Crippen molar-refractivity contribution in [2.24, 2.45) is 0 Å². The lowest BCUT2D eigenvalue weighted by Crippen LogP contribution is -1.91. The normalized spacial score (nSPS) is 11.4. The van der Waals surface area contributed by atoms with Crippen molar-refractivity contribution in [1.29, 1.82) is 0 Å². The predicted molar refractivity (Wildman–Crippen MR) is 91.9 cm³/mol. The molecule has 0 unspecified atom stereocenters. The van der Waals surface area contributed by atoms with E-state index < -0.39 is 0 Å². The van der Waals surface area contributed by atoms with Crippen molar-refractivity contribution in [3.63, 3.8) is 0 Å². The van der Waals surface area contributed by atoms with Gasteiger partial charge in [0.15, 0.2) is 4.96 Å². The Hall–Kier alpha value is -2.33. The molecule has 0 spiro atoms. The molecule has 0 aliphatic rings. The first-order chi connectivity index (χ1) is 10.8. The summed E-state index contributed by atoms with van der Waals surface area (Å²) in [7, 11) is 0. The topological polar surface area (TPSA) is 26.5 Å². The molecule has 0 amide bonds. The molecular weight excluding hydrogens is 292 g/mol. The number of fused-ring (bicyclic) bond motifs is 3. The first-order valence-electron chi connectivity index (χ1n) is 7.37. The number of nitrogens with zero attached hydrogens (tertiary/aromatic N) is 2. The van der Waals surface area contributed by atoms with Gasteiger partial charge in [-0.2, -0.15) is 0 Å². The van der Waals surface area contributed by atoms with E-state index in [1.54, 1.807) is 11.3 Å². The van der Waals surface area contributed by atoms with E-state index >= 15 is 0 Å². The number of hydrogen-bond donors (Lipinski definition) is 0. The molecule has 22 heavy (non-hydrogen) atoms. The highest BCUT2D eigenvalue weighted by atomic mass is 32.1. The van der Waals surface area contributed by atoms with Crippen molar-refractivity contribution in [2.75, 3.05) is 6.61 Å². The van der Waals surface area contributed by atoms with Crippen LogP contribution in [0.3, 0.4) is 0 Å². The molecule has 0 atom stereocenters. The van der Waals surface area contributed by atoms with Crippen molar-refractivity contribution >= 4 is 26.5 Å². The van der Waals surface area contributed by atoms with E-state index in [9.17, 15) is 0 Å². The molecule has 0 radical (unpaired) electrons. The second-order valence-corrected chi connectivity index (χ2v) is 6.20. The third-order valence-corrected chi connectivity index (χ3v) is 4.84. The second-order valence-electron chi connectivity index (χ2n) is 5.19. The van der Waals surface area contributed by atoms with Crippen molar-refractivity contribution in [3.05, 3.63) is 54.2 Å². The smallest absolute Gasteiger partial charge is 0.195 e. The van der Waals surface area contributed by atoms with E-state index in [1.807, 2.05) is 19.1 Å². The molecule has 2 aromatic heterocycles. The van der Waals surface area contributed by atoms with Crippen LogP contribution >= 0.6 is 11.3 Å². The zero-order chi connectivity index (χ0) is 15.1. The summed E-state index contributed by atoms with van der Waals surface area (Å²) in [6.45, 7) is 4.81. The quantitative estimate of drug-likeness (QED) is 0.537. The second kappa shape index (κ2) is 5.14. The van der Waals surface area contributed by atoms with Gasteiger partial charge in [0.05, 0.1) is 22.5 Å². The van der Waals surface area contributed by atoms with Gasteiger partial charge in [0.2, 0.25) is 0 Å². The van der Waals surface area contributed by atoms with E-state index in [0.29, 0.717) is 6.61 Å². The van der Waals surface area contributed by atoms with Crippen LogP contribution in [0.2, 0.25) is 0 Å². The van der Waals surface area contributed by atoms with E-state index in [-0.39, 0.29) is 0 Å². The molecule has 0 saturated carbocycles. The molecular formula is C18H16N2OS. The Labute approximate surface area is 132 Å². The van der Waals surface area contributed by atoms with Crippen molar-refractivity contribution in [1.82, 2.24) is 9.38 Å². The molecule has 4 heteroatoms. The Balaban J connectivity index is 1.86. The number of imidazole rings is 1. The zero-order valence-corrected chi connectivity index (χ0v) is 13.4. The Morgan fingerprint density at radius 3 is 2.64 bits per heavy atom. The van der Waals surface area contributed by atoms with Crippen molar-refractivity contribution < 1.29 is 4.74 Å². The number of aryl methyl sites for hydroxylation is 1. The molecule has 4 rings (SSSR count). The van der Waals surface area contributed by atoms with Crippen LogP contribution in [0.15, 0.2) is 48.5 Å². The summed E-state index contributed by atoms with van der Waals surface area (Å²) in [4.78, 5) is 5.88. The van der Waals surface area contributed by atoms with Crippen molar-refractivity contribution in [2.45, 2.75) is 13.8 Å². The molecule has 110 valence electrons. The maximum absolute atomic E-state index is 5.50. The van der Waals surface area contributed by atoms with Crippen LogP contribution in [0.1, 0.15) is 12.6 Å². The standard InChI is InChI=1S/C18H16N2OS/c1-3-21-14-10-8-13(9-11-14)17-12(2)20-15-6-4-5-7-16(15)22-18(20)19-17/h4-11H,3H2,1-2H3. The Bertz CT molecular complexity index is 950. The highest BCUT2D eigenvalue weighted by Crippen LogP contribution is 2.32. The van der Waals surface area contributed by atoms with Gasteiger partial charge in [-0.25, -0.2) is 4.98 Å². The lowest BCUT2D eigenvalue weighted by Gasteiger charge is -2.04. The van der Waals surface area contributed by atoms with Crippen LogP contribution in [0.25, 0.3) is 26.4 Å². The first kappa shape index (κ1) is 13.3. The monoisotopic (exact) mass is 308 g/mol. The molecule has 2 aromatic carbocycles. The summed E-state index contributed by atoms with van der Waals surface area (Å²) in [5, 5.41) is 0. The highest BCUT2D eigenvalue weighted by molar-refractivity contribution is 7.23. The highest BCUT2D eigenvalue weighted by Gasteiger charge is 2.14. The van der Waals surface area contributed by atoms with E-state index in [4.69, 9.17) is 9.72 Å². The van der Waals surface area contributed by atoms with Gasteiger partial charge in [-0.15, -0.1) is 0 Å². The largest absolute Gasteiger partial charge is 0.494 e. The fourth-order valence-electron chi connectivity index (χ4n) is 2.80. The summed E-state index contributed by atoms with van der Waals surface area (Å²) in [6.07, 6.45) is 0. The van der Waals surface area contributed by atoms with Gasteiger partial charge in [-0.3, -0.25) is 4.40 Å². The van der Waals surface area contributed by atoms with Crippen LogP contribution < -0.4 is 4.74 Å². The van der Waals surface area contributed by atoms with E-state index in [2.05, 4.69) is 47.7 Å². The number of benzene rings is 2. The minimum Gasteiger partial charge on any atom is -0.494 e. The van der Waals surface area contributed by atoms with E-state index in [0.717, 1.165) is 22.0 Å². The van der Waals surface area contributed by atoms with Crippen LogP contribution in [-0.2, 0) is 0 Å². The fourth-order valence-corrected chi connectivity index (χ4v) is 3.87. The van der Waals surface area contributed by atoms with Crippen LogP contribution in [0.5, 0.6) is 5.75 Å². The maximum Gasteiger partial charge on any atom is 0.195 e. The number of hydrogen-bond acceptors (Lipinski definition) is 3. The first-order valence-corrected chi connectivity index (χ1v) is 8.19. The Morgan fingerprint density at radius 2 is 1.86 bits per heavy atom. The molecule has 4 aromatic rings. The third kappa shape index (κ3) is 1.99. The number of para-hydroxylation sites is 1. The summed E-state index contributed by atoms with van der Waals surface area (Å²) in [5.74, 6) is 0.898. The third-order valence-electron chi connectivity index (χ3n) is 3.82. The minimum atomic E-state index is 0.685. The van der Waals surface area contributed by atoms with Crippen LogP contribution in [0, 0.1) is 6.92 Å². The molecule has 0 saturated heterocycles. The average Bonchev–Trinajstić information content (AvgIpc) is 3.05. The average molecular weight is 308 g/mol. The molecule has 3 nitrogen and oxygen atoms in total. The SMILES string of the molecule is CCOc1ccc(-c2nc3sc4ccccc4n3c2C)cc1. The number of rotatable bonds is 3. The summed E-state index contributed by atoms with van der Waals surface area (Å²) >= 11 is 1.73. The van der Waals surface area contributed by atoms with Crippen LogP contribution in [-0.4, -0.2) is 16.0 Å². The molecule has 0 fully saturated rings. The predicted octanol–water partition coefficient (Wildman–Crippen LogP) is 4.92. The minimum absolute atomic E-state index is 0.685. The molecule has 0 N–H and O–H groups in total. The Morgan fingerprint density at radius 1 is 1.09 bits per heavy atom. The fraction of sp³-hybridized carbons (Fsp3) is 0.167. The molecule has 0 aliphatic carbocycles. The van der Waals surface area contributed by atoms with Gasteiger partial charge in [-0.1, -0.05) is 23.5 Å². The number of aromatic nitrogens is 2. The molecule has 0 bridgehead atoms. The van der Waals surface area contributed by atoms with Gasteiger partial charge in [0.25, 0.3) is 0 Å². The zero-order valence-electron chi connectivity index (χ0n) is 12.5. The number of thiazole rings is 1. The van der Waals surface area contributed by atoms with Gasteiger partial charge in [0.1, 0.15) is 5.75 Å². The van der Waals surface area contributed by atoms with Gasteiger partial charge < -0.3 is 4.74 Å². The molecule has 0 aliphatic heterocycles. The van der Waals surface area contributed by atoms with Gasteiger partial charge >= 0.3 is 0 Å².